The number of hydrogen-bond donors (Lipinski definition) is 1. The van der Waals surface area contributed by atoms with E-state index in [1.807, 2.05) is 30.3 Å². The molecule has 0 spiro atoms. The third kappa shape index (κ3) is 3.31. The molecule has 2 N–H and O–H groups in total. The van der Waals surface area contributed by atoms with Gasteiger partial charge in [0.2, 0.25) is 5.16 Å². The van der Waals surface area contributed by atoms with Crippen molar-refractivity contribution in [2.45, 2.75) is 10.9 Å². The molecule has 0 aliphatic rings. The Morgan fingerprint density at radius 1 is 1.13 bits per heavy atom. The van der Waals surface area contributed by atoms with Crippen LogP contribution in [0.25, 0.3) is 11.4 Å². The van der Waals surface area contributed by atoms with E-state index in [4.69, 9.17) is 22.7 Å². The van der Waals surface area contributed by atoms with Gasteiger partial charge in [0, 0.05) is 16.3 Å². The summed E-state index contributed by atoms with van der Waals surface area (Å²) in [6.45, 7) is 0. The Morgan fingerprint density at radius 3 is 2.61 bits per heavy atom. The van der Waals surface area contributed by atoms with Crippen LogP contribution in [0.4, 0.5) is 0 Å². The highest BCUT2D eigenvalue weighted by Gasteiger charge is 2.13. The molecule has 3 rings (SSSR count). The maximum absolute atomic E-state index is 9.12. The normalized spacial score (nSPS) is 10.4. The zero-order valence-electron chi connectivity index (χ0n) is 12.0. The van der Waals surface area contributed by atoms with Crippen molar-refractivity contribution in [1.29, 1.82) is 5.26 Å². The van der Waals surface area contributed by atoms with Gasteiger partial charge in [0.1, 0.15) is 0 Å². The van der Waals surface area contributed by atoms with E-state index in [0.29, 0.717) is 27.3 Å². The summed E-state index contributed by atoms with van der Waals surface area (Å²) in [7, 11) is 0. The minimum atomic E-state index is 0.567. The Bertz CT molecular complexity index is 867. The van der Waals surface area contributed by atoms with Gasteiger partial charge in [0.25, 0.3) is 0 Å². The molecular formula is C16H12ClN5S. The molecule has 0 amide bonds. The second-order valence-electron chi connectivity index (χ2n) is 4.74. The van der Waals surface area contributed by atoms with E-state index in [-0.39, 0.29) is 0 Å². The highest BCUT2D eigenvalue weighted by atomic mass is 35.5. The lowest BCUT2D eigenvalue weighted by Crippen LogP contribution is -2.11. The van der Waals surface area contributed by atoms with Gasteiger partial charge < -0.3 is 5.84 Å². The van der Waals surface area contributed by atoms with Crippen LogP contribution in [-0.4, -0.2) is 14.9 Å². The van der Waals surface area contributed by atoms with Crippen molar-refractivity contribution in [1.82, 2.24) is 14.9 Å². The monoisotopic (exact) mass is 341 g/mol. The molecule has 5 nitrogen and oxygen atoms in total. The van der Waals surface area contributed by atoms with Gasteiger partial charge in [0.15, 0.2) is 5.82 Å². The fourth-order valence-electron chi connectivity index (χ4n) is 2.07. The molecule has 0 bridgehead atoms. The lowest BCUT2D eigenvalue weighted by atomic mass is 10.1. The van der Waals surface area contributed by atoms with Crippen LogP contribution in [0.1, 0.15) is 11.1 Å². The summed E-state index contributed by atoms with van der Waals surface area (Å²) in [5, 5.41) is 18.6. The van der Waals surface area contributed by atoms with Gasteiger partial charge in [-0.2, -0.15) is 5.26 Å². The standard InChI is InChI=1S/C16H12ClN5S/c17-14-7-5-11(6-8-14)15-20-21-16(22(15)19)23-10-13-4-2-1-3-12(13)9-18/h1-8H,10,19H2. The molecule has 23 heavy (non-hydrogen) atoms. The summed E-state index contributed by atoms with van der Waals surface area (Å²) in [6, 6.07) is 16.9. The van der Waals surface area contributed by atoms with E-state index >= 15 is 0 Å². The molecule has 0 atom stereocenters. The van der Waals surface area contributed by atoms with E-state index in [2.05, 4.69) is 16.3 Å². The summed E-state index contributed by atoms with van der Waals surface area (Å²) in [4.78, 5) is 0. The van der Waals surface area contributed by atoms with Crippen LogP contribution < -0.4 is 5.84 Å². The molecule has 0 unspecified atom stereocenters. The average molecular weight is 342 g/mol. The highest BCUT2D eigenvalue weighted by Crippen LogP contribution is 2.26. The number of nitrogen functional groups attached to an aromatic ring is 1. The molecule has 114 valence electrons. The predicted molar refractivity (Wildman–Crippen MR) is 91.3 cm³/mol. The molecule has 0 saturated carbocycles. The summed E-state index contributed by atoms with van der Waals surface area (Å²) in [6.07, 6.45) is 0. The number of rotatable bonds is 4. The van der Waals surface area contributed by atoms with E-state index in [9.17, 15) is 0 Å². The number of benzene rings is 2. The number of aromatic nitrogens is 3. The quantitative estimate of drug-likeness (QED) is 0.580. The molecule has 3 aromatic rings. The lowest BCUT2D eigenvalue weighted by molar-refractivity contribution is 0.849. The lowest BCUT2D eigenvalue weighted by Gasteiger charge is -2.05. The van der Waals surface area contributed by atoms with Crippen LogP contribution in [0.2, 0.25) is 5.02 Å². The molecule has 1 heterocycles. The van der Waals surface area contributed by atoms with Crippen molar-refractivity contribution in [3.8, 4) is 17.5 Å². The van der Waals surface area contributed by atoms with Gasteiger partial charge in [-0.15, -0.1) is 10.2 Å². The first-order valence-corrected chi connectivity index (χ1v) is 8.12. The highest BCUT2D eigenvalue weighted by molar-refractivity contribution is 7.98. The van der Waals surface area contributed by atoms with Crippen LogP contribution in [-0.2, 0) is 5.75 Å². The average Bonchev–Trinajstić information content (AvgIpc) is 2.95. The minimum Gasteiger partial charge on any atom is -0.335 e. The fraction of sp³-hybridized carbons (Fsp3) is 0.0625. The summed E-state index contributed by atoms with van der Waals surface area (Å²) >= 11 is 7.32. The number of thioether (sulfide) groups is 1. The SMILES string of the molecule is N#Cc1ccccc1CSc1nnc(-c2ccc(Cl)cc2)n1N. The molecule has 0 radical (unpaired) electrons. The number of nitriles is 1. The van der Waals surface area contributed by atoms with Crippen LogP contribution in [0, 0.1) is 11.3 Å². The van der Waals surface area contributed by atoms with Crippen LogP contribution in [0.3, 0.4) is 0 Å². The zero-order valence-corrected chi connectivity index (χ0v) is 13.6. The Morgan fingerprint density at radius 2 is 1.87 bits per heavy atom. The van der Waals surface area contributed by atoms with Gasteiger partial charge in [0.05, 0.1) is 11.6 Å². The number of nitrogens with zero attached hydrogens (tertiary/aromatic N) is 4. The van der Waals surface area contributed by atoms with Gasteiger partial charge in [-0.05, 0) is 35.9 Å². The topological polar surface area (TPSA) is 80.5 Å². The molecule has 0 aliphatic heterocycles. The number of halogens is 1. The Balaban J connectivity index is 1.80. The minimum absolute atomic E-state index is 0.567. The second-order valence-corrected chi connectivity index (χ2v) is 6.12. The largest absolute Gasteiger partial charge is 0.335 e. The smallest absolute Gasteiger partial charge is 0.210 e. The van der Waals surface area contributed by atoms with Gasteiger partial charge in [-0.3, -0.25) is 0 Å². The zero-order chi connectivity index (χ0) is 16.2. The Hall–Kier alpha value is -2.49. The molecule has 0 aliphatic carbocycles. The van der Waals surface area contributed by atoms with Crippen molar-refractivity contribution in [2.75, 3.05) is 5.84 Å². The summed E-state index contributed by atoms with van der Waals surface area (Å²) in [5.41, 5.74) is 2.44. The first kappa shape index (κ1) is 15.4. The molecule has 7 heteroatoms. The van der Waals surface area contributed by atoms with E-state index in [0.717, 1.165) is 11.1 Å². The van der Waals surface area contributed by atoms with Crippen molar-refractivity contribution >= 4 is 23.4 Å². The number of hydrogen-bond acceptors (Lipinski definition) is 5. The Labute approximate surface area is 142 Å². The van der Waals surface area contributed by atoms with Crippen molar-refractivity contribution in [2.24, 2.45) is 0 Å². The van der Waals surface area contributed by atoms with Crippen LogP contribution >= 0.6 is 23.4 Å². The Kier molecular flexibility index (Phi) is 4.51. The van der Waals surface area contributed by atoms with Crippen molar-refractivity contribution in [3.63, 3.8) is 0 Å². The molecule has 2 aromatic carbocycles. The van der Waals surface area contributed by atoms with Crippen molar-refractivity contribution in [3.05, 3.63) is 64.7 Å². The third-order valence-electron chi connectivity index (χ3n) is 3.26. The van der Waals surface area contributed by atoms with Gasteiger partial charge in [-0.1, -0.05) is 41.6 Å². The van der Waals surface area contributed by atoms with E-state index in [1.54, 1.807) is 18.2 Å². The number of nitrogens with two attached hydrogens (primary N) is 1. The predicted octanol–water partition coefficient (Wildman–Crippen LogP) is 3.48. The first-order chi connectivity index (χ1) is 11.2. The first-order valence-electron chi connectivity index (χ1n) is 6.76. The summed E-state index contributed by atoms with van der Waals surface area (Å²) < 4.78 is 1.45. The van der Waals surface area contributed by atoms with Crippen molar-refractivity contribution < 1.29 is 0 Å². The molecular weight excluding hydrogens is 330 g/mol. The summed E-state index contributed by atoms with van der Waals surface area (Å²) in [5.74, 6) is 7.25. The van der Waals surface area contributed by atoms with E-state index in [1.165, 1.54) is 16.4 Å². The maximum atomic E-state index is 9.12. The third-order valence-corrected chi connectivity index (χ3v) is 4.51. The second kappa shape index (κ2) is 6.73. The molecule has 1 aromatic heterocycles. The van der Waals surface area contributed by atoms with Gasteiger partial charge >= 0.3 is 0 Å². The van der Waals surface area contributed by atoms with E-state index < -0.39 is 0 Å². The molecule has 0 fully saturated rings. The maximum Gasteiger partial charge on any atom is 0.210 e. The van der Waals surface area contributed by atoms with Crippen LogP contribution in [0.15, 0.2) is 53.7 Å². The van der Waals surface area contributed by atoms with Gasteiger partial charge in [-0.25, -0.2) is 4.68 Å². The van der Waals surface area contributed by atoms with Crippen LogP contribution in [0.5, 0.6) is 0 Å². The molecule has 0 saturated heterocycles. The fourth-order valence-corrected chi connectivity index (χ4v) is 3.06.